The van der Waals surface area contributed by atoms with Crippen molar-refractivity contribution in [3.63, 3.8) is 0 Å². The molecule has 92 valence electrons. The van der Waals surface area contributed by atoms with E-state index in [9.17, 15) is 14.4 Å². The summed E-state index contributed by atoms with van der Waals surface area (Å²) in [5.41, 5.74) is 0. The molecule has 2 N–H and O–H groups in total. The molecule has 1 atom stereocenters. The number of aliphatic carboxylic acids is 1. The van der Waals surface area contributed by atoms with Crippen molar-refractivity contribution in [2.45, 2.75) is 20.8 Å². The highest BCUT2D eigenvalue weighted by Gasteiger charge is 2.26. The number of nitrogens with zero attached hydrogens (tertiary/aromatic N) is 1. The Bertz CT molecular complexity index is 278. The smallest absolute Gasteiger partial charge is 0.315 e. The summed E-state index contributed by atoms with van der Waals surface area (Å²) in [6.07, 6.45) is 0. The summed E-state index contributed by atoms with van der Waals surface area (Å²) in [7, 11) is 0. The first-order valence-electron chi connectivity index (χ1n) is 5.22. The predicted octanol–water partition coefficient (Wildman–Crippen LogP) is -0.308. The summed E-state index contributed by atoms with van der Waals surface area (Å²) in [5, 5.41) is 11.2. The van der Waals surface area contributed by atoms with Crippen LogP contribution in [0.1, 0.15) is 20.8 Å². The van der Waals surface area contributed by atoms with Crippen molar-refractivity contribution in [1.29, 1.82) is 0 Å². The van der Waals surface area contributed by atoms with Crippen LogP contribution in [0.4, 0.5) is 0 Å². The summed E-state index contributed by atoms with van der Waals surface area (Å²) in [5.74, 6) is -3.12. The number of nitrogens with one attached hydrogen (secondary N) is 1. The molecular weight excluding hydrogens is 212 g/mol. The monoisotopic (exact) mass is 230 g/mol. The summed E-state index contributed by atoms with van der Waals surface area (Å²) in [6.45, 7) is 5.49. The van der Waals surface area contributed by atoms with Crippen LogP contribution in [-0.2, 0) is 14.4 Å². The zero-order chi connectivity index (χ0) is 12.7. The third kappa shape index (κ3) is 4.29. The number of carbonyl (C=O) groups is 3. The molecule has 0 aliphatic carbocycles. The standard InChI is InChI=1S/C10H18N2O4/c1-4-11-8(13)6-12(5-2)9(14)7(3)10(15)16/h7H,4-6H2,1-3H3,(H,11,13)(H,15,16). The lowest BCUT2D eigenvalue weighted by Gasteiger charge is -2.22. The van der Waals surface area contributed by atoms with Crippen LogP contribution < -0.4 is 5.32 Å². The molecule has 0 rings (SSSR count). The van der Waals surface area contributed by atoms with E-state index in [1.165, 1.54) is 11.8 Å². The third-order valence-corrected chi connectivity index (χ3v) is 2.14. The van der Waals surface area contributed by atoms with E-state index in [0.717, 1.165) is 0 Å². The van der Waals surface area contributed by atoms with Crippen molar-refractivity contribution in [1.82, 2.24) is 10.2 Å². The van der Waals surface area contributed by atoms with Gasteiger partial charge in [-0.1, -0.05) is 0 Å². The number of carboxylic acid groups (broad SMARTS) is 1. The van der Waals surface area contributed by atoms with Crippen molar-refractivity contribution in [3.8, 4) is 0 Å². The molecule has 0 radical (unpaired) electrons. The largest absolute Gasteiger partial charge is 0.481 e. The zero-order valence-corrected chi connectivity index (χ0v) is 9.82. The molecule has 0 aromatic heterocycles. The topological polar surface area (TPSA) is 86.7 Å². The lowest BCUT2D eigenvalue weighted by molar-refractivity contribution is -0.151. The Labute approximate surface area is 94.6 Å². The van der Waals surface area contributed by atoms with E-state index in [1.807, 2.05) is 0 Å². The van der Waals surface area contributed by atoms with Crippen LogP contribution in [0.2, 0.25) is 0 Å². The summed E-state index contributed by atoms with van der Waals surface area (Å²) in [4.78, 5) is 34.7. The van der Waals surface area contributed by atoms with Crippen LogP contribution in [0.5, 0.6) is 0 Å². The van der Waals surface area contributed by atoms with Crippen molar-refractivity contribution in [2.24, 2.45) is 5.92 Å². The number of amides is 2. The van der Waals surface area contributed by atoms with Crippen LogP contribution in [-0.4, -0.2) is 47.4 Å². The Morgan fingerprint density at radius 2 is 1.88 bits per heavy atom. The van der Waals surface area contributed by atoms with Gasteiger partial charge in [0, 0.05) is 13.1 Å². The second-order valence-corrected chi connectivity index (χ2v) is 3.37. The van der Waals surface area contributed by atoms with E-state index in [2.05, 4.69) is 5.32 Å². The molecule has 0 aromatic rings. The van der Waals surface area contributed by atoms with Crippen LogP contribution >= 0.6 is 0 Å². The maximum absolute atomic E-state index is 11.6. The zero-order valence-electron chi connectivity index (χ0n) is 9.82. The van der Waals surface area contributed by atoms with E-state index < -0.39 is 17.8 Å². The van der Waals surface area contributed by atoms with E-state index in [-0.39, 0.29) is 12.5 Å². The molecule has 6 heteroatoms. The molecular formula is C10H18N2O4. The maximum atomic E-state index is 11.6. The van der Waals surface area contributed by atoms with E-state index >= 15 is 0 Å². The quantitative estimate of drug-likeness (QED) is 0.613. The molecule has 0 fully saturated rings. The third-order valence-electron chi connectivity index (χ3n) is 2.14. The molecule has 0 aliphatic heterocycles. The van der Waals surface area contributed by atoms with Gasteiger partial charge in [-0.3, -0.25) is 14.4 Å². The van der Waals surface area contributed by atoms with E-state index in [0.29, 0.717) is 13.1 Å². The molecule has 0 spiro atoms. The van der Waals surface area contributed by atoms with Gasteiger partial charge in [0.2, 0.25) is 11.8 Å². The van der Waals surface area contributed by atoms with Crippen molar-refractivity contribution in [3.05, 3.63) is 0 Å². The highest BCUT2D eigenvalue weighted by atomic mass is 16.4. The fourth-order valence-electron chi connectivity index (χ4n) is 1.15. The first-order chi connectivity index (χ1) is 7.43. The van der Waals surface area contributed by atoms with Crippen molar-refractivity contribution >= 4 is 17.8 Å². The van der Waals surface area contributed by atoms with Crippen LogP contribution in [0.25, 0.3) is 0 Å². The number of carbonyl (C=O) groups excluding carboxylic acids is 2. The Kier molecular flexibility index (Phi) is 6.14. The number of carboxylic acids is 1. The Hall–Kier alpha value is -1.59. The summed E-state index contributed by atoms with van der Waals surface area (Å²) < 4.78 is 0. The lowest BCUT2D eigenvalue weighted by Crippen LogP contribution is -2.44. The van der Waals surface area contributed by atoms with Gasteiger partial charge in [-0.05, 0) is 20.8 Å². The van der Waals surface area contributed by atoms with Gasteiger partial charge < -0.3 is 15.3 Å². The molecule has 2 amide bonds. The minimum absolute atomic E-state index is 0.0964. The van der Waals surface area contributed by atoms with Gasteiger partial charge in [-0.2, -0.15) is 0 Å². The second kappa shape index (κ2) is 6.81. The minimum Gasteiger partial charge on any atom is -0.481 e. The molecule has 16 heavy (non-hydrogen) atoms. The number of hydrogen-bond donors (Lipinski definition) is 2. The lowest BCUT2D eigenvalue weighted by atomic mass is 10.1. The molecule has 0 saturated heterocycles. The molecule has 0 aromatic carbocycles. The second-order valence-electron chi connectivity index (χ2n) is 3.37. The Balaban J connectivity index is 4.43. The molecule has 0 bridgehead atoms. The first kappa shape index (κ1) is 14.4. The predicted molar refractivity (Wildman–Crippen MR) is 57.7 cm³/mol. The molecule has 0 heterocycles. The van der Waals surface area contributed by atoms with Gasteiger partial charge in [-0.25, -0.2) is 0 Å². The average Bonchev–Trinajstić information content (AvgIpc) is 2.24. The van der Waals surface area contributed by atoms with Crippen molar-refractivity contribution in [2.75, 3.05) is 19.6 Å². The highest BCUT2D eigenvalue weighted by molar-refractivity contribution is 5.97. The van der Waals surface area contributed by atoms with Crippen molar-refractivity contribution < 1.29 is 19.5 Å². The molecule has 0 aliphatic rings. The highest BCUT2D eigenvalue weighted by Crippen LogP contribution is 2.02. The van der Waals surface area contributed by atoms with Gasteiger partial charge in [0.15, 0.2) is 0 Å². The Morgan fingerprint density at radius 3 is 2.25 bits per heavy atom. The SMILES string of the molecule is CCNC(=O)CN(CC)C(=O)C(C)C(=O)O. The van der Waals surface area contributed by atoms with Gasteiger partial charge in [0.25, 0.3) is 0 Å². The summed E-state index contributed by atoms with van der Waals surface area (Å²) in [6, 6.07) is 0. The normalized spacial score (nSPS) is 11.7. The van der Waals surface area contributed by atoms with Gasteiger partial charge in [0.1, 0.15) is 5.92 Å². The van der Waals surface area contributed by atoms with Crippen LogP contribution in [0.15, 0.2) is 0 Å². The first-order valence-corrected chi connectivity index (χ1v) is 5.22. The summed E-state index contributed by atoms with van der Waals surface area (Å²) >= 11 is 0. The molecule has 0 saturated carbocycles. The molecule has 6 nitrogen and oxygen atoms in total. The Morgan fingerprint density at radius 1 is 1.31 bits per heavy atom. The van der Waals surface area contributed by atoms with Gasteiger partial charge in [0.05, 0.1) is 6.54 Å². The minimum atomic E-state index is -1.18. The van der Waals surface area contributed by atoms with Crippen LogP contribution in [0.3, 0.4) is 0 Å². The average molecular weight is 230 g/mol. The number of rotatable bonds is 6. The van der Waals surface area contributed by atoms with E-state index in [1.54, 1.807) is 13.8 Å². The number of hydrogen-bond acceptors (Lipinski definition) is 3. The fraction of sp³-hybridized carbons (Fsp3) is 0.700. The fourth-order valence-corrected chi connectivity index (χ4v) is 1.15. The molecule has 1 unspecified atom stereocenters. The van der Waals surface area contributed by atoms with E-state index in [4.69, 9.17) is 5.11 Å². The van der Waals surface area contributed by atoms with Gasteiger partial charge in [-0.15, -0.1) is 0 Å². The van der Waals surface area contributed by atoms with Gasteiger partial charge >= 0.3 is 5.97 Å². The maximum Gasteiger partial charge on any atom is 0.315 e. The van der Waals surface area contributed by atoms with Crippen LogP contribution in [0, 0.1) is 5.92 Å². The number of likely N-dealkylation sites (N-methyl/N-ethyl adjacent to an activating group) is 2.